The van der Waals surface area contributed by atoms with Crippen LogP contribution in [0, 0.1) is 0 Å². The Morgan fingerprint density at radius 1 is 1.13 bits per heavy atom. The van der Waals surface area contributed by atoms with Crippen LogP contribution >= 0.6 is 12.4 Å². The highest BCUT2D eigenvalue weighted by molar-refractivity contribution is 5.89. The fourth-order valence-corrected chi connectivity index (χ4v) is 3.48. The standard InChI is InChI=1S/C21H23F3N4O.ClH/c22-21(23,24)16-5-3-15(4-6-16)17-11-14(13-26-19(29)20(25)7-8-20)12-18(27-17)28-9-1-2-10-28;/h3-6,11-12H,1-2,7-10,13,25H2,(H,26,29);1H. The molecule has 4 rings (SSSR count). The molecule has 1 saturated heterocycles. The minimum atomic E-state index is -4.38. The van der Waals surface area contributed by atoms with Crippen molar-refractivity contribution in [2.24, 2.45) is 5.73 Å². The Hall–Kier alpha value is -2.32. The SMILES string of the molecule is Cl.NC1(C(=O)NCc2cc(-c3ccc(C(F)(F)F)cc3)nc(N3CCCC3)c2)CC1. The van der Waals surface area contributed by atoms with Crippen LogP contribution in [-0.4, -0.2) is 29.5 Å². The second-order valence-corrected chi connectivity index (χ2v) is 7.83. The topological polar surface area (TPSA) is 71.2 Å². The van der Waals surface area contributed by atoms with Crippen LogP contribution < -0.4 is 16.0 Å². The van der Waals surface area contributed by atoms with E-state index >= 15 is 0 Å². The molecule has 1 aromatic carbocycles. The zero-order valence-corrected chi connectivity index (χ0v) is 17.2. The summed E-state index contributed by atoms with van der Waals surface area (Å²) in [5, 5.41) is 2.87. The Morgan fingerprint density at radius 3 is 2.33 bits per heavy atom. The molecular formula is C21H24ClF3N4O. The van der Waals surface area contributed by atoms with Gasteiger partial charge in [0.25, 0.3) is 0 Å². The quantitative estimate of drug-likeness (QED) is 0.739. The number of carbonyl (C=O) groups is 1. The molecule has 2 aliphatic rings. The zero-order chi connectivity index (χ0) is 20.6. The lowest BCUT2D eigenvalue weighted by molar-refractivity contribution is -0.137. The fourth-order valence-electron chi connectivity index (χ4n) is 3.48. The lowest BCUT2D eigenvalue weighted by atomic mass is 10.1. The Balaban J connectivity index is 0.00000256. The van der Waals surface area contributed by atoms with Crippen molar-refractivity contribution in [2.45, 2.75) is 43.9 Å². The van der Waals surface area contributed by atoms with Gasteiger partial charge in [-0.2, -0.15) is 13.2 Å². The van der Waals surface area contributed by atoms with E-state index in [0.717, 1.165) is 49.4 Å². The first-order valence-electron chi connectivity index (χ1n) is 9.75. The van der Waals surface area contributed by atoms with Crippen molar-refractivity contribution >= 4 is 24.1 Å². The zero-order valence-electron chi connectivity index (χ0n) is 16.3. The maximum absolute atomic E-state index is 12.9. The molecule has 2 heterocycles. The molecule has 3 N–H and O–H groups in total. The van der Waals surface area contributed by atoms with E-state index in [-0.39, 0.29) is 18.3 Å². The predicted molar refractivity (Wildman–Crippen MR) is 111 cm³/mol. The molecule has 1 aliphatic carbocycles. The first-order chi connectivity index (χ1) is 13.7. The van der Waals surface area contributed by atoms with Gasteiger partial charge in [0.2, 0.25) is 5.91 Å². The smallest absolute Gasteiger partial charge is 0.357 e. The van der Waals surface area contributed by atoms with Gasteiger partial charge in [-0.05, 0) is 55.5 Å². The van der Waals surface area contributed by atoms with E-state index in [9.17, 15) is 18.0 Å². The van der Waals surface area contributed by atoms with E-state index in [1.165, 1.54) is 12.1 Å². The number of hydrogen-bond acceptors (Lipinski definition) is 4. The van der Waals surface area contributed by atoms with Crippen LogP contribution in [0.15, 0.2) is 36.4 Å². The van der Waals surface area contributed by atoms with Crippen LogP contribution in [0.5, 0.6) is 0 Å². The van der Waals surface area contributed by atoms with Crippen LogP contribution in [0.1, 0.15) is 36.8 Å². The van der Waals surface area contributed by atoms with Crippen LogP contribution in [-0.2, 0) is 17.5 Å². The van der Waals surface area contributed by atoms with Crippen molar-refractivity contribution in [2.75, 3.05) is 18.0 Å². The number of carbonyl (C=O) groups excluding carboxylic acids is 1. The lowest BCUT2D eigenvalue weighted by Gasteiger charge is -2.19. The Morgan fingerprint density at radius 2 is 1.77 bits per heavy atom. The molecule has 1 aliphatic heterocycles. The summed E-state index contributed by atoms with van der Waals surface area (Å²) >= 11 is 0. The summed E-state index contributed by atoms with van der Waals surface area (Å²) < 4.78 is 38.6. The van der Waals surface area contributed by atoms with Gasteiger partial charge in [-0.3, -0.25) is 4.79 Å². The molecule has 9 heteroatoms. The maximum Gasteiger partial charge on any atom is 0.416 e. The average molecular weight is 441 g/mol. The molecule has 30 heavy (non-hydrogen) atoms. The van der Waals surface area contributed by atoms with Crippen molar-refractivity contribution < 1.29 is 18.0 Å². The van der Waals surface area contributed by atoms with Crippen LogP contribution in [0.4, 0.5) is 19.0 Å². The van der Waals surface area contributed by atoms with Gasteiger partial charge in [-0.1, -0.05) is 12.1 Å². The van der Waals surface area contributed by atoms with Gasteiger partial charge < -0.3 is 16.0 Å². The normalized spacial score (nSPS) is 17.4. The minimum absolute atomic E-state index is 0. The number of benzene rings is 1. The van der Waals surface area contributed by atoms with Crippen molar-refractivity contribution in [1.82, 2.24) is 10.3 Å². The molecule has 1 aromatic heterocycles. The molecule has 0 spiro atoms. The summed E-state index contributed by atoms with van der Waals surface area (Å²) in [6.45, 7) is 2.08. The van der Waals surface area contributed by atoms with E-state index in [1.54, 1.807) is 6.07 Å². The third-order valence-electron chi connectivity index (χ3n) is 5.50. The minimum Gasteiger partial charge on any atom is -0.357 e. The van der Waals surface area contributed by atoms with Gasteiger partial charge in [0.1, 0.15) is 5.82 Å². The summed E-state index contributed by atoms with van der Waals surface area (Å²) in [6.07, 6.45) is -0.849. The molecule has 1 saturated carbocycles. The number of rotatable bonds is 5. The highest BCUT2D eigenvalue weighted by Gasteiger charge is 2.45. The van der Waals surface area contributed by atoms with Gasteiger partial charge in [0.15, 0.2) is 0 Å². The van der Waals surface area contributed by atoms with Gasteiger partial charge in [-0.25, -0.2) is 4.98 Å². The molecule has 0 atom stereocenters. The van der Waals surface area contributed by atoms with E-state index < -0.39 is 17.3 Å². The third kappa shape index (κ3) is 4.87. The monoisotopic (exact) mass is 440 g/mol. The number of hydrogen-bond donors (Lipinski definition) is 2. The van der Waals surface area contributed by atoms with E-state index in [2.05, 4.69) is 15.2 Å². The molecule has 2 aromatic rings. The molecule has 0 unspecified atom stereocenters. The molecular weight excluding hydrogens is 417 g/mol. The fraction of sp³-hybridized carbons (Fsp3) is 0.429. The molecule has 1 amide bonds. The van der Waals surface area contributed by atoms with Crippen molar-refractivity contribution in [3.8, 4) is 11.3 Å². The number of anilines is 1. The van der Waals surface area contributed by atoms with Crippen molar-refractivity contribution in [3.63, 3.8) is 0 Å². The summed E-state index contributed by atoms with van der Waals surface area (Å²) in [5.74, 6) is 0.603. The summed E-state index contributed by atoms with van der Waals surface area (Å²) in [4.78, 5) is 19.0. The number of nitrogens with one attached hydrogen (secondary N) is 1. The molecule has 5 nitrogen and oxygen atoms in total. The summed E-state index contributed by atoms with van der Waals surface area (Å²) in [6, 6.07) is 8.72. The van der Waals surface area contributed by atoms with Gasteiger partial charge in [-0.15, -0.1) is 12.4 Å². The molecule has 0 bridgehead atoms. The van der Waals surface area contributed by atoms with Gasteiger partial charge >= 0.3 is 6.18 Å². The maximum atomic E-state index is 12.9. The van der Waals surface area contributed by atoms with Crippen LogP contribution in [0.25, 0.3) is 11.3 Å². The van der Waals surface area contributed by atoms with Gasteiger partial charge in [0.05, 0.1) is 16.8 Å². The van der Waals surface area contributed by atoms with E-state index in [4.69, 9.17) is 5.73 Å². The van der Waals surface area contributed by atoms with Crippen LogP contribution in [0.2, 0.25) is 0 Å². The molecule has 162 valence electrons. The first kappa shape index (κ1) is 22.4. The Kier molecular flexibility index (Phi) is 6.29. The van der Waals surface area contributed by atoms with E-state index in [0.29, 0.717) is 30.6 Å². The molecule has 0 radical (unpaired) electrons. The number of aromatic nitrogens is 1. The summed E-state index contributed by atoms with van der Waals surface area (Å²) in [7, 11) is 0. The number of alkyl halides is 3. The molecule has 2 fully saturated rings. The van der Waals surface area contributed by atoms with Gasteiger partial charge in [0, 0.05) is 25.2 Å². The number of amides is 1. The van der Waals surface area contributed by atoms with Crippen molar-refractivity contribution in [3.05, 3.63) is 47.5 Å². The lowest BCUT2D eigenvalue weighted by Crippen LogP contribution is -2.42. The predicted octanol–water partition coefficient (Wildman–Crippen LogP) is 3.90. The second kappa shape index (κ2) is 8.43. The Labute approximate surface area is 179 Å². The number of pyridine rings is 1. The number of nitrogens with two attached hydrogens (primary N) is 1. The van der Waals surface area contributed by atoms with Crippen LogP contribution in [0.3, 0.4) is 0 Å². The summed E-state index contributed by atoms with van der Waals surface area (Å²) in [5.41, 5.74) is 6.52. The van der Waals surface area contributed by atoms with Crippen molar-refractivity contribution in [1.29, 1.82) is 0 Å². The number of halogens is 4. The largest absolute Gasteiger partial charge is 0.416 e. The highest BCUT2D eigenvalue weighted by atomic mass is 35.5. The Bertz CT molecular complexity index is 907. The highest BCUT2D eigenvalue weighted by Crippen LogP contribution is 2.33. The average Bonchev–Trinajstić information content (AvgIpc) is 3.22. The second-order valence-electron chi connectivity index (χ2n) is 7.83. The first-order valence-corrected chi connectivity index (χ1v) is 9.75. The van der Waals surface area contributed by atoms with E-state index in [1.807, 2.05) is 6.07 Å². The number of nitrogens with zero attached hydrogens (tertiary/aromatic N) is 2. The third-order valence-corrected chi connectivity index (χ3v) is 5.50.